The summed E-state index contributed by atoms with van der Waals surface area (Å²) >= 11 is 0. The zero-order chi connectivity index (χ0) is 15.4. The molecule has 4 atom stereocenters. The normalized spacial score (nSPS) is 27.3. The Morgan fingerprint density at radius 1 is 1.29 bits per heavy atom. The molecule has 1 fully saturated rings. The molecule has 0 aliphatic heterocycles. The summed E-state index contributed by atoms with van der Waals surface area (Å²) in [6, 6.07) is 8.55. The van der Waals surface area contributed by atoms with Crippen LogP contribution in [0.4, 0.5) is 0 Å². The second kappa shape index (κ2) is 7.08. The lowest BCUT2D eigenvalue weighted by atomic mass is 9.78. The third-order valence-corrected chi connectivity index (χ3v) is 5.13. The maximum Gasteiger partial charge on any atom is 0.310 e. The number of hydrogen-bond acceptors (Lipinski definition) is 2. The number of carboxylic acids is 1. The van der Waals surface area contributed by atoms with E-state index in [2.05, 4.69) is 19.2 Å². The molecule has 116 valence electrons. The van der Waals surface area contributed by atoms with Crippen LogP contribution in [-0.4, -0.2) is 17.1 Å². The molecule has 21 heavy (non-hydrogen) atoms. The quantitative estimate of drug-likeness (QED) is 0.867. The second-order valence-corrected chi connectivity index (χ2v) is 6.56. The van der Waals surface area contributed by atoms with Crippen LogP contribution in [-0.2, 0) is 11.3 Å². The molecule has 3 heteroatoms. The molecule has 1 aromatic rings. The van der Waals surface area contributed by atoms with Crippen molar-refractivity contribution in [3.8, 4) is 0 Å². The zero-order valence-electron chi connectivity index (χ0n) is 13.3. The third kappa shape index (κ3) is 4.07. The molecule has 4 unspecified atom stereocenters. The average molecular weight is 289 g/mol. The lowest BCUT2D eigenvalue weighted by molar-refractivity contribution is -0.138. The maximum atomic E-state index is 11.0. The van der Waals surface area contributed by atoms with Crippen molar-refractivity contribution in [2.75, 3.05) is 0 Å². The van der Waals surface area contributed by atoms with Gasteiger partial charge in [0, 0.05) is 12.6 Å². The Balaban J connectivity index is 1.90. The van der Waals surface area contributed by atoms with Crippen LogP contribution in [0.2, 0.25) is 0 Å². The third-order valence-electron chi connectivity index (χ3n) is 5.13. The molecular weight excluding hydrogens is 262 g/mol. The van der Waals surface area contributed by atoms with E-state index in [1.165, 1.54) is 24.8 Å². The van der Waals surface area contributed by atoms with Crippen molar-refractivity contribution in [1.82, 2.24) is 5.32 Å². The summed E-state index contributed by atoms with van der Waals surface area (Å²) in [5.41, 5.74) is 2.09. The highest BCUT2D eigenvalue weighted by Crippen LogP contribution is 2.29. The molecule has 3 nitrogen and oxygen atoms in total. The van der Waals surface area contributed by atoms with E-state index in [0.717, 1.165) is 23.9 Å². The van der Waals surface area contributed by atoms with Gasteiger partial charge < -0.3 is 10.4 Å². The van der Waals surface area contributed by atoms with Crippen molar-refractivity contribution in [3.05, 3.63) is 35.4 Å². The Kier molecular flexibility index (Phi) is 5.40. The van der Waals surface area contributed by atoms with E-state index in [1.807, 2.05) is 24.3 Å². The predicted octanol–water partition coefficient (Wildman–Crippen LogP) is 3.79. The standard InChI is InChI=1S/C18H27NO2/c1-12-5-4-6-17(13(12)2)19-11-15-7-9-16(10-8-15)14(3)18(20)21/h7-10,12-14,17,19H,4-6,11H2,1-3H3,(H,20,21). The van der Waals surface area contributed by atoms with Crippen LogP contribution in [0.1, 0.15) is 57.1 Å². The first-order valence-electron chi connectivity index (χ1n) is 8.04. The van der Waals surface area contributed by atoms with E-state index in [9.17, 15) is 4.79 Å². The SMILES string of the molecule is CC(C(=O)O)c1ccc(CNC2CCCC(C)C2C)cc1. The van der Waals surface area contributed by atoms with Gasteiger partial charge in [-0.1, -0.05) is 51.0 Å². The Morgan fingerprint density at radius 2 is 1.95 bits per heavy atom. The smallest absolute Gasteiger partial charge is 0.310 e. The highest BCUT2D eigenvalue weighted by atomic mass is 16.4. The number of carboxylic acid groups (broad SMARTS) is 1. The summed E-state index contributed by atoms with van der Waals surface area (Å²) < 4.78 is 0. The van der Waals surface area contributed by atoms with Crippen molar-refractivity contribution in [3.63, 3.8) is 0 Å². The van der Waals surface area contributed by atoms with Gasteiger partial charge in [0.05, 0.1) is 5.92 Å². The number of benzene rings is 1. The number of hydrogen-bond donors (Lipinski definition) is 2. The Labute approximate surface area is 127 Å². The van der Waals surface area contributed by atoms with Crippen molar-refractivity contribution < 1.29 is 9.90 Å². The van der Waals surface area contributed by atoms with Gasteiger partial charge in [-0.3, -0.25) is 4.79 Å². The lowest BCUT2D eigenvalue weighted by Crippen LogP contribution is -2.40. The van der Waals surface area contributed by atoms with Gasteiger partial charge in [-0.15, -0.1) is 0 Å². The molecule has 1 aliphatic rings. The van der Waals surface area contributed by atoms with E-state index in [-0.39, 0.29) is 0 Å². The van der Waals surface area contributed by atoms with Crippen molar-refractivity contribution >= 4 is 5.97 Å². The molecule has 1 aliphatic carbocycles. The zero-order valence-corrected chi connectivity index (χ0v) is 13.3. The number of rotatable bonds is 5. The van der Waals surface area contributed by atoms with Gasteiger partial charge in [0.2, 0.25) is 0 Å². The number of aliphatic carboxylic acids is 1. The maximum absolute atomic E-state index is 11.0. The highest BCUT2D eigenvalue weighted by molar-refractivity contribution is 5.75. The van der Waals surface area contributed by atoms with Gasteiger partial charge in [-0.25, -0.2) is 0 Å². The predicted molar refractivity (Wildman–Crippen MR) is 85.3 cm³/mol. The van der Waals surface area contributed by atoms with Gasteiger partial charge in [0.1, 0.15) is 0 Å². The van der Waals surface area contributed by atoms with Crippen molar-refractivity contribution in [1.29, 1.82) is 0 Å². The second-order valence-electron chi connectivity index (χ2n) is 6.56. The van der Waals surface area contributed by atoms with Gasteiger partial charge in [0.25, 0.3) is 0 Å². The fourth-order valence-electron chi connectivity index (χ4n) is 3.19. The van der Waals surface area contributed by atoms with Crippen LogP contribution in [0.15, 0.2) is 24.3 Å². The first-order chi connectivity index (χ1) is 9.99. The van der Waals surface area contributed by atoms with E-state index in [4.69, 9.17) is 5.11 Å². The molecule has 0 aromatic heterocycles. The minimum atomic E-state index is -0.772. The molecule has 0 saturated heterocycles. The minimum absolute atomic E-state index is 0.439. The summed E-state index contributed by atoms with van der Waals surface area (Å²) in [5, 5.41) is 12.7. The molecule has 1 aromatic carbocycles. The van der Waals surface area contributed by atoms with Crippen LogP contribution in [0.3, 0.4) is 0 Å². The van der Waals surface area contributed by atoms with Crippen LogP contribution in [0, 0.1) is 11.8 Å². The minimum Gasteiger partial charge on any atom is -0.481 e. The summed E-state index contributed by atoms with van der Waals surface area (Å²) in [5.74, 6) is 0.317. The molecule has 0 spiro atoms. The summed E-state index contributed by atoms with van der Waals surface area (Å²) in [7, 11) is 0. The van der Waals surface area contributed by atoms with Gasteiger partial charge in [-0.2, -0.15) is 0 Å². The summed E-state index contributed by atoms with van der Waals surface area (Å²) in [4.78, 5) is 11.0. The summed E-state index contributed by atoms with van der Waals surface area (Å²) in [6.45, 7) is 7.28. The molecule has 0 bridgehead atoms. The molecule has 2 rings (SSSR count). The largest absolute Gasteiger partial charge is 0.481 e. The topological polar surface area (TPSA) is 49.3 Å². The van der Waals surface area contributed by atoms with Crippen LogP contribution >= 0.6 is 0 Å². The molecule has 0 heterocycles. The van der Waals surface area contributed by atoms with Gasteiger partial charge >= 0.3 is 5.97 Å². The molecular formula is C18H27NO2. The fraction of sp³-hybridized carbons (Fsp3) is 0.611. The van der Waals surface area contributed by atoms with Gasteiger partial charge in [-0.05, 0) is 36.3 Å². The van der Waals surface area contributed by atoms with E-state index < -0.39 is 11.9 Å². The molecule has 2 N–H and O–H groups in total. The van der Waals surface area contributed by atoms with E-state index in [1.54, 1.807) is 6.92 Å². The van der Waals surface area contributed by atoms with Gasteiger partial charge in [0.15, 0.2) is 0 Å². The van der Waals surface area contributed by atoms with Crippen LogP contribution in [0.5, 0.6) is 0 Å². The Morgan fingerprint density at radius 3 is 2.57 bits per heavy atom. The van der Waals surface area contributed by atoms with E-state index >= 15 is 0 Å². The first kappa shape index (κ1) is 16.0. The highest BCUT2D eigenvalue weighted by Gasteiger charge is 2.26. The van der Waals surface area contributed by atoms with Crippen LogP contribution < -0.4 is 5.32 Å². The summed E-state index contributed by atoms with van der Waals surface area (Å²) in [6.07, 6.45) is 3.93. The molecule has 1 saturated carbocycles. The first-order valence-corrected chi connectivity index (χ1v) is 8.04. The van der Waals surface area contributed by atoms with Crippen molar-refractivity contribution in [2.45, 2.75) is 58.5 Å². The van der Waals surface area contributed by atoms with Crippen LogP contribution in [0.25, 0.3) is 0 Å². The van der Waals surface area contributed by atoms with Crippen molar-refractivity contribution in [2.24, 2.45) is 11.8 Å². The average Bonchev–Trinajstić information content (AvgIpc) is 2.48. The number of nitrogens with one attached hydrogen (secondary N) is 1. The Bertz CT molecular complexity index is 469. The van der Waals surface area contributed by atoms with E-state index in [0.29, 0.717) is 6.04 Å². The molecule has 0 amide bonds. The number of carbonyl (C=O) groups is 1. The monoisotopic (exact) mass is 289 g/mol. The fourth-order valence-corrected chi connectivity index (χ4v) is 3.19. The Hall–Kier alpha value is -1.35. The lowest BCUT2D eigenvalue weighted by Gasteiger charge is -2.34. The molecule has 0 radical (unpaired) electrons.